The highest BCUT2D eigenvalue weighted by Crippen LogP contribution is 2.30. The van der Waals surface area contributed by atoms with Crippen LogP contribution in [0.3, 0.4) is 0 Å². The molecule has 0 bridgehead atoms. The molecule has 1 aromatic rings. The Hall–Kier alpha value is -0.530. The Labute approximate surface area is 90.7 Å². The molecule has 0 unspecified atom stereocenters. The molecule has 0 atom stereocenters. The predicted molar refractivity (Wildman–Crippen MR) is 60.4 cm³/mol. The van der Waals surface area contributed by atoms with E-state index in [9.17, 15) is 5.11 Å². The van der Waals surface area contributed by atoms with Crippen molar-refractivity contribution >= 4 is 11.6 Å². The SMILES string of the molecule is CC[C](c1ccc(Cl)cc1)C(C)(C)O. The van der Waals surface area contributed by atoms with Gasteiger partial charge in [0.25, 0.3) is 0 Å². The molecule has 0 saturated carbocycles. The molecular formula is C12H16ClO. The summed E-state index contributed by atoms with van der Waals surface area (Å²) < 4.78 is 0. The van der Waals surface area contributed by atoms with Gasteiger partial charge in [0.1, 0.15) is 0 Å². The first-order valence-electron chi connectivity index (χ1n) is 4.79. The average molecular weight is 212 g/mol. The van der Waals surface area contributed by atoms with E-state index in [4.69, 9.17) is 11.6 Å². The van der Waals surface area contributed by atoms with Crippen LogP contribution in [0.2, 0.25) is 5.02 Å². The molecule has 1 aromatic carbocycles. The molecule has 0 spiro atoms. The van der Waals surface area contributed by atoms with E-state index >= 15 is 0 Å². The average Bonchev–Trinajstić information content (AvgIpc) is 2.07. The second kappa shape index (κ2) is 4.33. The maximum atomic E-state index is 9.93. The van der Waals surface area contributed by atoms with Crippen molar-refractivity contribution in [1.82, 2.24) is 0 Å². The molecule has 0 aliphatic heterocycles. The molecular weight excluding hydrogens is 196 g/mol. The van der Waals surface area contributed by atoms with Crippen molar-refractivity contribution in [2.75, 3.05) is 0 Å². The molecule has 1 nitrogen and oxygen atoms in total. The molecule has 1 rings (SSSR count). The monoisotopic (exact) mass is 211 g/mol. The van der Waals surface area contributed by atoms with Crippen LogP contribution in [0.1, 0.15) is 32.8 Å². The molecule has 77 valence electrons. The summed E-state index contributed by atoms with van der Waals surface area (Å²) >= 11 is 5.80. The minimum atomic E-state index is -0.761. The van der Waals surface area contributed by atoms with Crippen molar-refractivity contribution in [1.29, 1.82) is 0 Å². The van der Waals surface area contributed by atoms with Gasteiger partial charge in [0, 0.05) is 10.9 Å². The van der Waals surface area contributed by atoms with Gasteiger partial charge in [-0.15, -0.1) is 0 Å². The van der Waals surface area contributed by atoms with Gasteiger partial charge in [0.2, 0.25) is 0 Å². The van der Waals surface area contributed by atoms with Gasteiger partial charge < -0.3 is 5.11 Å². The van der Waals surface area contributed by atoms with Gasteiger partial charge in [-0.1, -0.05) is 30.7 Å². The number of rotatable bonds is 3. The Kier molecular flexibility index (Phi) is 3.57. The van der Waals surface area contributed by atoms with Gasteiger partial charge in [0.05, 0.1) is 5.60 Å². The van der Waals surface area contributed by atoms with Crippen LogP contribution in [0.25, 0.3) is 0 Å². The summed E-state index contributed by atoms with van der Waals surface area (Å²) in [6.07, 6.45) is 0.838. The lowest BCUT2D eigenvalue weighted by Crippen LogP contribution is -2.29. The molecule has 14 heavy (non-hydrogen) atoms. The molecule has 0 amide bonds. The highest BCUT2D eigenvalue weighted by molar-refractivity contribution is 6.30. The van der Waals surface area contributed by atoms with E-state index < -0.39 is 5.60 Å². The van der Waals surface area contributed by atoms with Crippen molar-refractivity contribution in [3.63, 3.8) is 0 Å². The van der Waals surface area contributed by atoms with Crippen molar-refractivity contribution < 1.29 is 5.11 Å². The van der Waals surface area contributed by atoms with Gasteiger partial charge in [-0.05, 0) is 38.0 Å². The minimum Gasteiger partial charge on any atom is -0.390 e. The fourth-order valence-electron chi connectivity index (χ4n) is 1.64. The van der Waals surface area contributed by atoms with Gasteiger partial charge in [-0.3, -0.25) is 0 Å². The second-order valence-corrected chi connectivity index (χ2v) is 4.33. The number of halogens is 1. The lowest BCUT2D eigenvalue weighted by atomic mass is 9.83. The highest BCUT2D eigenvalue weighted by Gasteiger charge is 2.27. The van der Waals surface area contributed by atoms with E-state index in [-0.39, 0.29) is 0 Å². The summed E-state index contributed by atoms with van der Waals surface area (Å²) in [4.78, 5) is 0. The van der Waals surface area contributed by atoms with Crippen molar-refractivity contribution in [2.45, 2.75) is 32.8 Å². The Balaban J connectivity index is 2.96. The topological polar surface area (TPSA) is 20.2 Å². The Morgan fingerprint density at radius 2 is 1.79 bits per heavy atom. The molecule has 0 aromatic heterocycles. The van der Waals surface area contributed by atoms with E-state index in [0.717, 1.165) is 22.9 Å². The van der Waals surface area contributed by atoms with Gasteiger partial charge in [0.15, 0.2) is 0 Å². The number of hydrogen-bond donors (Lipinski definition) is 1. The van der Waals surface area contributed by atoms with Gasteiger partial charge in [-0.2, -0.15) is 0 Å². The normalized spacial score (nSPS) is 12.1. The summed E-state index contributed by atoms with van der Waals surface area (Å²) in [5.41, 5.74) is 0.298. The first-order valence-corrected chi connectivity index (χ1v) is 5.17. The fourth-order valence-corrected chi connectivity index (χ4v) is 1.77. The van der Waals surface area contributed by atoms with Gasteiger partial charge in [-0.25, -0.2) is 0 Å². The summed E-state index contributed by atoms with van der Waals surface area (Å²) in [7, 11) is 0. The molecule has 2 heteroatoms. The van der Waals surface area contributed by atoms with E-state index in [1.165, 1.54) is 0 Å². The quantitative estimate of drug-likeness (QED) is 0.812. The van der Waals surface area contributed by atoms with Crippen molar-refractivity contribution in [3.05, 3.63) is 40.8 Å². The van der Waals surface area contributed by atoms with Crippen LogP contribution in [0.4, 0.5) is 0 Å². The summed E-state index contributed by atoms with van der Waals surface area (Å²) in [5.74, 6) is 1.04. The minimum absolute atomic E-state index is 0.722. The van der Waals surface area contributed by atoms with E-state index in [0.29, 0.717) is 0 Å². The Morgan fingerprint density at radius 3 is 2.14 bits per heavy atom. The second-order valence-electron chi connectivity index (χ2n) is 3.90. The maximum Gasteiger partial charge on any atom is 0.0697 e. The summed E-state index contributed by atoms with van der Waals surface area (Å²) in [5, 5.41) is 10.7. The largest absolute Gasteiger partial charge is 0.390 e. The van der Waals surface area contributed by atoms with Crippen LogP contribution in [0.5, 0.6) is 0 Å². The van der Waals surface area contributed by atoms with Crippen molar-refractivity contribution in [2.24, 2.45) is 0 Å². The van der Waals surface area contributed by atoms with Crippen LogP contribution >= 0.6 is 11.6 Å². The zero-order valence-electron chi connectivity index (χ0n) is 8.84. The van der Waals surface area contributed by atoms with E-state index in [1.807, 2.05) is 31.2 Å². The van der Waals surface area contributed by atoms with Crippen LogP contribution in [-0.4, -0.2) is 10.7 Å². The maximum absolute atomic E-state index is 9.93. The first kappa shape index (κ1) is 11.5. The number of hydrogen-bond acceptors (Lipinski definition) is 1. The molecule has 1 N–H and O–H groups in total. The van der Waals surface area contributed by atoms with Crippen LogP contribution in [0, 0.1) is 5.92 Å². The summed E-state index contributed by atoms with van der Waals surface area (Å²) in [6, 6.07) is 7.58. The molecule has 0 aliphatic carbocycles. The Bertz CT molecular complexity index is 284. The van der Waals surface area contributed by atoms with Crippen LogP contribution in [0.15, 0.2) is 24.3 Å². The third-order valence-corrected chi connectivity index (χ3v) is 2.54. The zero-order chi connectivity index (χ0) is 10.8. The smallest absolute Gasteiger partial charge is 0.0697 e. The molecule has 1 radical (unpaired) electrons. The first-order chi connectivity index (χ1) is 6.45. The standard InChI is InChI=1S/C12H16ClO/c1-4-11(12(2,3)14)9-5-7-10(13)8-6-9/h5-8,14H,4H2,1-3H3. The molecule has 0 fully saturated rings. The molecule has 0 heterocycles. The molecule has 0 aliphatic rings. The van der Waals surface area contributed by atoms with Crippen LogP contribution in [-0.2, 0) is 0 Å². The third kappa shape index (κ3) is 2.73. The van der Waals surface area contributed by atoms with Gasteiger partial charge >= 0.3 is 0 Å². The lowest BCUT2D eigenvalue weighted by molar-refractivity contribution is 0.0963. The Morgan fingerprint density at radius 1 is 1.29 bits per heavy atom. The molecule has 0 saturated heterocycles. The highest BCUT2D eigenvalue weighted by atomic mass is 35.5. The lowest BCUT2D eigenvalue weighted by Gasteiger charge is -2.28. The summed E-state index contributed by atoms with van der Waals surface area (Å²) in [6.45, 7) is 5.66. The fraction of sp³-hybridized carbons (Fsp3) is 0.417. The van der Waals surface area contributed by atoms with Crippen molar-refractivity contribution in [3.8, 4) is 0 Å². The zero-order valence-corrected chi connectivity index (χ0v) is 9.60. The number of aliphatic hydroxyl groups is 1. The van der Waals surface area contributed by atoms with Crippen LogP contribution < -0.4 is 0 Å². The number of benzene rings is 1. The third-order valence-electron chi connectivity index (χ3n) is 2.28. The van der Waals surface area contributed by atoms with E-state index in [1.54, 1.807) is 13.8 Å². The van der Waals surface area contributed by atoms with E-state index in [2.05, 4.69) is 0 Å². The predicted octanol–water partition coefficient (Wildman–Crippen LogP) is 3.44.